The third-order valence-electron chi connectivity index (χ3n) is 4.54. The van der Waals surface area contributed by atoms with Crippen molar-refractivity contribution < 1.29 is 9.18 Å². The van der Waals surface area contributed by atoms with E-state index in [9.17, 15) is 9.18 Å². The molecule has 0 saturated carbocycles. The molecule has 0 bridgehead atoms. The lowest BCUT2D eigenvalue weighted by Gasteiger charge is -2.21. The van der Waals surface area contributed by atoms with Crippen LogP contribution in [0, 0.1) is 5.82 Å². The summed E-state index contributed by atoms with van der Waals surface area (Å²) in [7, 11) is 0. The standard InChI is InChI=1S/C19H25FN4O/c1-2-5-17-13-18(22-21-17)19(25)24-9-4-8-23(10-11-24)14-15-6-3-7-16(20)12-15/h3,6-7,12-13H,2,4-5,8-11,14H2,1H3,(H,21,22). The first-order chi connectivity index (χ1) is 12.2. The van der Waals surface area contributed by atoms with Crippen molar-refractivity contribution in [1.82, 2.24) is 20.0 Å². The van der Waals surface area contributed by atoms with Crippen LogP contribution in [0.15, 0.2) is 30.3 Å². The highest BCUT2D eigenvalue weighted by atomic mass is 19.1. The summed E-state index contributed by atoms with van der Waals surface area (Å²) < 4.78 is 13.3. The SMILES string of the molecule is CCCc1cc(C(=O)N2CCCN(Cc3cccc(F)c3)CC2)n[nH]1. The summed E-state index contributed by atoms with van der Waals surface area (Å²) in [6.07, 6.45) is 2.84. The van der Waals surface area contributed by atoms with Crippen molar-refractivity contribution in [3.05, 3.63) is 53.1 Å². The zero-order valence-electron chi connectivity index (χ0n) is 14.7. The third kappa shape index (κ3) is 4.66. The number of amides is 1. The van der Waals surface area contributed by atoms with E-state index < -0.39 is 0 Å². The average Bonchev–Trinajstić information content (AvgIpc) is 2.93. The van der Waals surface area contributed by atoms with Gasteiger partial charge in [0.15, 0.2) is 0 Å². The highest BCUT2D eigenvalue weighted by Gasteiger charge is 2.22. The van der Waals surface area contributed by atoms with Gasteiger partial charge in [0.25, 0.3) is 5.91 Å². The minimum Gasteiger partial charge on any atom is -0.336 e. The van der Waals surface area contributed by atoms with Gasteiger partial charge in [0, 0.05) is 38.4 Å². The van der Waals surface area contributed by atoms with Crippen molar-refractivity contribution >= 4 is 5.91 Å². The molecule has 1 aliphatic heterocycles. The van der Waals surface area contributed by atoms with E-state index in [0.29, 0.717) is 18.8 Å². The largest absolute Gasteiger partial charge is 0.336 e. The molecule has 134 valence electrons. The number of nitrogens with zero attached hydrogens (tertiary/aromatic N) is 3. The van der Waals surface area contributed by atoms with Gasteiger partial charge in [-0.05, 0) is 36.6 Å². The number of nitrogens with one attached hydrogen (secondary N) is 1. The maximum Gasteiger partial charge on any atom is 0.274 e. The van der Waals surface area contributed by atoms with Crippen LogP contribution in [-0.2, 0) is 13.0 Å². The molecule has 0 spiro atoms. The summed E-state index contributed by atoms with van der Waals surface area (Å²) in [5.74, 6) is -0.211. The quantitative estimate of drug-likeness (QED) is 0.907. The second-order valence-electron chi connectivity index (χ2n) is 6.58. The van der Waals surface area contributed by atoms with Gasteiger partial charge in [-0.3, -0.25) is 14.8 Å². The van der Waals surface area contributed by atoms with E-state index in [1.807, 2.05) is 17.0 Å². The Morgan fingerprint density at radius 3 is 2.92 bits per heavy atom. The Labute approximate surface area is 147 Å². The zero-order chi connectivity index (χ0) is 17.6. The number of aromatic nitrogens is 2. The van der Waals surface area contributed by atoms with Crippen LogP contribution in [0.25, 0.3) is 0 Å². The maximum absolute atomic E-state index is 13.3. The molecule has 0 aliphatic carbocycles. The number of halogens is 1. The molecule has 1 aromatic carbocycles. The van der Waals surface area contributed by atoms with E-state index in [2.05, 4.69) is 22.0 Å². The van der Waals surface area contributed by atoms with Gasteiger partial charge >= 0.3 is 0 Å². The summed E-state index contributed by atoms with van der Waals surface area (Å²) >= 11 is 0. The first-order valence-electron chi connectivity index (χ1n) is 8.96. The van der Waals surface area contributed by atoms with Crippen LogP contribution in [0.4, 0.5) is 4.39 Å². The predicted octanol–water partition coefficient (Wildman–Crippen LogP) is 2.85. The van der Waals surface area contributed by atoms with Crippen molar-refractivity contribution in [1.29, 1.82) is 0 Å². The smallest absolute Gasteiger partial charge is 0.274 e. The predicted molar refractivity (Wildman–Crippen MR) is 94.8 cm³/mol. The average molecular weight is 344 g/mol. The molecule has 1 fully saturated rings. The summed E-state index contributed by atoms with van der Waals surface area (Å²) in [5, 5.41) is 7.11. The van der Waals surface area contributed by atoms with Crippen molar-refractivity contribution in [2.45, 2.75) is 32.7 Å². The van der Waals surface area contributed by atoms with Gasteiger partial charge < -0.3 is 4.90 Å². The van der Waals surface area contributed by atoms with E-state index in [4.69, 9.17) is 0 Å². The van der Waals surface area contributed by atoms with Gasteiger partial charge in [0.1, 0.15) is 11.5 Å². The maximum atomic E-state index is 13.3. The molecule has 2 heterocycles. The number of rotatable bonds is 5. The Hall–Kier alpha value is -2.21. The van der Waals surface area contributed by atoms with Gasteiger partial charge in [0.2, 0.25) is 0 Å². The normalized spacial score (nSPS) is 16.0. The van der Waals surface area contributed by atoms with Crippen molar-refractivity contribution in [2.75, 3.05) is 26.2 Å². The van der Waals surface area contributed by atoms with Crippen LogP contribution in [0.1, 0.15) is 41.5 Å². The number of H-pyrrole nitrogens is 1. The summed E-state index contributed by atoms with van der Waals surface area (Å²) in [6, 6.07) is 8.58. The van der Waals surface area contributed by atoms with Crippen molar-refractivity contribution in [3.8, 4) is 0 Å². The Morgan fingerprint density at radius 1 is 1.24 bits per heavy atom. The fourth-order valence-corrected chi connectivity index (χ4v) is 3.26. The molecule has 6 heteroatoms. The molecule has 1 saturated heterocycles. The lowest BCUT2D eigenvalue weighted by molar-refractivity contribution is 0.0755. The number of aromatic amines is 1. The van der Waals surface area contributed by atoms with Gasteiger partial charge in [-0.25, -0.2) is 4.39 Å². The van der Waals surface area contributed by atoms with Crippen LogP contribution < -0.4 is 0 Å². The van der Waals surface area contributed by atoms with Crippen LogP contribution in [-0.4, -0.2) is 52.1 Å². The van der Waals surface area contributed by atoms with E-state index >= 15 is 0 Å². The minimum atomic E-state index is -0.203. The molecular weight excluding hydrogens is 319 g/mol. The number of aryl methyl sites for hydroxylation is 1. The first kappa shape index (κ1) is 17.6. The molecule has 5 nitrogen and oxygen atoms in total. The van der Waals surface area contributed by atoms with Gasteiger partial charge in [-0.1, -0.05) is 25.5 Å². The van der Waals surface area contributed by atoms with Gasteiger partial charge in [-0.15, -0.1) is 0 Å². The molecule has 0 radical (unpaired) electrons. The molecule has 0 unspecified atom stereocenters. The van der Waals surface area contributed by atoms with Crippen LogP contribution in [0.5, 0.6) is 0 Å². The number of hydrogen-bond donors (Lipinski definition) is 1. The molecule has 1 amide bonds. The number of carbonyl (C=O) groups is 1. The molecular formula is C19H25FN4O. The molecule has 1 aromatic heterocycles. The fraction of sp³-hybridized carbons (Fsp3) is 0.474. The second-order valence-corrected chi connectivity index (χ2v) is 6.58. The van der Waals surface area contributed by atoms with Gasteiger partial charge in [-0.2, -0.15) is 5.10 Å². The monoisotopic (exact) mass is 344 g/mol. The summed E-state index contributed by atoms with van der Waals surface area (Å²) in [4.78, 5) is 16.8. The highest BCUT2D eigenvalue weighted by molar-refractivity contribution is 5.92. The van der Waals surface area contributed by atoms with E-state index in [1.165, 1.54) is 6.07 Å². The minimum absolute atomic E-state index is 0.00814. The molecule has 2 aromatic rings. The molecule has 3 rings (SSSR count). The lowest BCUT2D eigenvalue weighted by Crippen LogP contribution is -2.35. The number of carbonyl (C=O) groups excluding carboxylic acids is 1. The molecule has 0 atom stereocenters. The van der Waals surface area contributed by atoms with E-state index in [1.54, 1.807) is 12.1 Å². The Balaban J connectivity index is 1.58. The molecule has 1 N–H and O–H groups in total. The first-order valence-corrected chi connectivity index (χ1v) is 8.96. The highest BCUT2D eigenvalue weighted by Crippen LogP contribution is 2.13. The summed E-state index contributed by atoms with van der Waals surface area (Å²) in [6.45, 7) is 5.90. The van der Waals surface area contributed by atoms with Crippen LogP contribution >= 0.6 is 0 Å². The van der Waals surface area contributed by atoms with E-state index in [0.717, 1.165) is 50.2 Å². The lowest BCUT2D eigenvalue weighted by atomic mass is 10.2. The second kappa shape index (κ2) is 8.25. The topological polar surface area (TPSA) is 52.2 Å². The Bertz CT molecular complexity index is 715. The number of hydrogen-bond acceptors (Lipinski definition) is 3. The van der Waals surface area contributed by atoms with Crippen LogP contribution in [0.2, 0.25) is 0 Å². The zero-order valence-corrected chi connectivity index (χ0v) is 14.7. The van der Waals surface area contributed by atoms with Gasteiger partial charge in [0.05, 0.1) is 0 Å². The fourth-order valence-electron chi connectivity index (χ4n) is 3.26. The number of benzene rings is 1. The Kier molecular flexibility index (Phi) is 5.81. The van der Waals surface area contributed by atoms with E-state index in [-0.39, 0.29) is 11.7 Å². The Morgan fingerprint density at radius 2 is 2.12 bits per heavy atom. The van der Waals surface area contributed by atoms with Crippen molar-refractivity contribution in [3.63, 3.8) is 0 Å². The summed E-state index contributed by atoms with van der Waals surface area (Å²) in [5.41, 5.74) is 2.48. The molecule has 25 heavy (non-hydrogen) atoms. The molecule has 1 aliphatic rings. The van der Waals surface area contributed by atoms with Crippen LogP contribution in [0.3, 0.4) is 0 Å². The third-order valence-corrected chi connectivity index (χ3v) is 4.54. The van der Waals surface area contributed by atoms with Crippen molar-refractivity contribution in [2.24, 2.45) is 0 Å².